The largest absolute Gasteiger partial charge is 0.474 e. The predicted octanol–water partition coefficient (Wildman–Crippen LogP) is 3.79. The van der Waals surface area contributed by atoms with Gasteiger partial charge >= 0.3 is 0 Å². The number of ether oxygens (including phenoxy) is 1. The zero-order valence-corrected chi connectivity index (χ0v) is 17.1. The van der Waals surface area contributed by atoms with E-state index in [1.54, 1.807) is 23.0 Å². The molecule has 0 atom stereocenters. The number of nitrogens with one attached hydrogen (secondary N) is 1. The van der Waals surface area contributed by atoms with Gasteiger partial charge in [-0.2, -0.15) is 5.10 Å². The van der Waals surface area contributed by atoms with Crippen LogP contribution in [-0.2, 0) is 6.54 Å². The SMILES string of the molecule is Cc1cc(C)n(-c2ccc(CNC(=O)c3ccc(Cl)nc3OC3CCC3)cn2)n1. The fraction of sp³-hybridized carbons (Fsp3) is 0.333. The van der Waals surface area contributed by atoms with Crippen molar-refractivity contribution in [3.8, 4) is 11.7 Å². The van der Waals surface area contributed by atoms with Gasteiger partial charge < -0.3 is 10.1 Å². The topological polar surface area (TPSA) is 81.9 Å². The van der Waals surface area contributed by atoms with Gasteiger partial charge in [-0.15, -0.1) is 0 Å². The maximum atomic E-state index is 12.7. The third-order valence-electron chi connectivity index (χ3n) is 4.89. The van der Waals surface area contributed by atoms with Crippen molar-refractivity contribution in [2.45, 2.75) is 45.8 Å². The Bertz CT molecular complexity index is 1030. The summed E-state index contributed by atoms with van der Waals surface area (Å²) in [5.74, 6) is 0.771. The molecule has 0 radical (unpaired) electrons. The van der Waals surface area contributed by atoms with Crippen LogP contribution in [0.3, 0.4) is 0 Å². The molecule has 29 heavy (non-hydrogen) atoms. The van der Waals surface area contributed by atoms with Crippen LogP contribution in [0.4, 0.5) is 0 Å². The van der Waals surface area contributed by atoms with Crippen LogP contribution in [0, 0.1) is 13.8 Å². The third kappa shape index (κ3) is 4.40. The molecule has 1 aliphatic carbocycles. The number of carbonyl (C=O) groups excluding carboxylic acids is 1. The van der Waals surface area contributed by atoms with Gasteiger partial charge in [0.05, 0.1) is 5.69 Å². The number of amides is 1. The summed E-state index contributed by atoms with van der Waals surface area (Å²) < 4.78 is 7.63. The molecule has 1 fully saturated rings. The van der Waals surface area contributed by atoms with Gasteiger partial charge in [-0.05, 0) is 62.9 Å². The molecule has 0 bridgehead atoms. The molecule has 0 spiro atoms. The molecule has 0 unspecified atom stereocenters. The quantitative estimate of drug-likeness (QED) is 0.624. The van der Waals surface area contributed by atoms with Crippen LogP contribution in [0.1, 0.15) is 46.6 Å². The molecule has 1 amide bonds. The highest BCUT2D eigenvalue weighted by Gasteiger charge is 2.23. The van der Waals surface area contributed by atoms with Crippen LogP contribution in [0.15, 0.2) is 36.5 Å². The van der Waals surface area contributed by atoms with Gasteiger partial charge in [-0.1, -0.05) is 17.7 Å². The number of nitrogens with zero attached hydrogens (tertiary/aromatic N) is 4. The first-order chi connectivity index (χ1) is 14.0. The molecule has 4 rings (SSSR count). The van der Waals surface area contributed by atoms with Gasteiger partial charge in [-0.25, -0.2) is 14.6 Å². The van der Waals surface area contributed by atoms with E-state index < -0.39 is 0 Å². The monoisotopic (exact) mass is 411 g/mol. The number of hydrogen-bond donors (Lipinski definition) is 1. The summed E-state index contributed by atoms with van der Waals surface area (Å²) in [6.45, 7) is 4.27. The number of aromatic nitrogens is 4. The van der Waals surface area contributed by atoms with E-state index in [1.807, 2.05) is 32.0 Å². The normalized spacial score (nSPS) is 13.8. The van der Waals surface area contributed by atoms with Crippen molar-refractivity contribution >= 4 is 17.5 Å². The first-order valence-electron chi connectivity index (χ1n) is 9.59. The highest BCUT2D eigenvalue weighted by atomic mass is 35.5. The van der Waals surface area contributed by atoms with Gasteiger partial charge in [0.2, 0.25) is 5.88 Å². The molecular weight excluding hydrogens is 390 g/mol. The van der Waals surface area contributed by atoms with E-state index in [0.29, 0.717) is 17.3 Å². The minimum Gasteiger partial charge on any atom is -0.474 e. The number of aryl methyl sites for hydroxylation is 2. The fourth-order valence-electron chi connectivity index (χ4n) is 3.11. The summed E-state index contributed by atoms with van der Waals surface area (Å²) >= 11 is 5.98. The number of rotatable bonds is 6. The highest BCUT2D eigenvalue weighted by Crippen LogP contribution is 2.27. The number of hydrogen-bond acceptors (Lipinski definition) is 5. The van der Waals surface area contributed by atoms with E-state index in [2.05, 4.69) is 20.4 Å². The van der Waals surface area contributed by atoms with Crippen molar-refractivity contribution in [2.75, 3.05) is 0 Å². The summed E-state index contributed by atoms with van der Waals surface area (Å²) in [7, 11) is 0. The predicted molar refractivity (Wildman–Crippen MR) is 110 cm³/mol. The van der Waals surface area contributed by atoms with Crippen molar-refractivity contribution in [3.05, 3.63) is 64.2 Å². The average molecular weight is 412 g/mol. The highest BCUT2D eigenvalue weighted by molar-refractivity contribution is 6.29. The van der Waals surface area contributed by atoms with Crippen LogP contribution >= 0.6 is 11.6 Å². The fourth-order valence-corrected chi connectivity index (χ4v) is 3.25. The summed E-state index contributed by atoms with van der Waals surface area (Å²) in [4.78, 5) is 21.3. The van der Waals surface area contributed by atoms with Crippen molar-refractivity contribution in [3.63, 3.8) is 0 Å². The van der Waals surface area contributed by atoms with E-state index in [-0.39, 0.29) is 17.9 Å². The van der Waals surface area contributed by atoms with Crippen molar-refractivity contribution in [1.82, 2.24) is 25.1 Å². The van der Waals surface area contributed by atoms with Crippen molar-refractivity contribution in [2.24, 2.45) is 0 Å². The number of carbonyl (C=O) groups is 1. The molecule has 8 heteroatoms. The van der Waals surface area contributed by atoms with Crippen molar-refractivity contribution < 1.29 is 9.53 Å². The molecule has 3 aromatic heterocycles. The van der Waals surface area contributed by atoms with Gasteiger partial charge in [0.1, 0.15) is 16.8 Å². The standard InChI is InChI=1S/C21H22ClN5O2/c1-13-10-14(2)27(26-13)19-9-6-15(11-23-19)12-24-20(28)17-7-8-18(22)25-21(17)29-16-4-3-5-16/h6-11,16H,3-5,12H2,1-2H3,(H,24,28). The van der Waals surface area contributed by atoms with Crippen LogP contribution in [0.2, 0.25) is 5.15 Å². The second-order valence-corrected chi connectivity index (χ2v) is 7.59. The molecule has 1 N–H and O–H groups in total. The van der Waals surface area contributed by atoms with Crippen LogP contribution in [0.25, 0.3) is 5.82 Å². The Morgan fingerprint density at radius 3 is 2.72 bits per heavy atom. The van der Waals surface area contributed by atoms with Crippen LogP contribution < -0.4 is 10.1 Å². The minimum absolute atomic E-state index is 0.110. The Morgan fingerprint density at radius 1 is 1.28 bits per heavy atom. The lowest BCUT2D eigenvalue weighted by atomic mass is 9.96. The Morgan fingerprint density at radius 2 is 2.10 bits per heavy atom. The molecular formula is C21H22ClN5O2. The Hall–Kier alpha value is -2.93. The van der Waals surface area contributed by atoms with E-state index >= 15 is 0 Å². The molecule has 3 aromatic rings. The first-order valence-corrected chi connectivity index (χ1v) is 9.97. The molecule has 0 saturated heterocycles. The lowest BCUT2D eigenvalue weighted by molar-refractivity contribution is 0.0917. The third-order valence-corrected chi connectivity index (χ3v) is 5.10. The summed E-state index contributed by atoms with van der Waals surface area (Å²) in [5, 5.41) is 7.63. The maximum Gasteiger partial charge on any atom is 0.257 e. The molecule has 1 saturated carbocycles. The minimum atomic E-state index is -0.258. The van der Waals surface area contributed by atoms with Gasteiger partial charge in [0.15, 0.2) is 5.82 Å². The van der Waals surface area contributed by atoms with Crippen molar-refractivity contribution in [1.29, 1.82) is 0 Å². The Balaban J connectivity index is 1.42. The first kappa shape index (κ1) is 19.4. The maximum absolute atomic E-state index is 12.7. The molecule has 150 valence electrons. The Labute approximate surface area is 174 Å². The lowest BCUT2D eigenvalue weighted by Crippen LogP contribution is -2.28. The number of pyridine rings is 2. The van der Waals surface area contributed by atoms with Crippen LogP contribution in [-0.4, -0.2) is 31.8 Å². The van der Waals surface area contributed by atoms with Gasteiger partial charge in [-0.3, -0.25) is 4.79 Å². The van der Waals surface area contributed by atoms with E-state index in [0.717, 1.165) is 42.0 Å². The number of halogens is 1. The average Bonchev–Trinajstić information content (AvgIpc) is 3.01. The lowest BCUT2D eigenvalue weighted by Gasteiger charge is -2.26. The Kier molecular flexibility index (Phi) is 5.49. The van der Waals surface area contributed by atoms with E-state index in [9.17, 15) is 4.79 Å². The molecule has 7 nitrogen and oxygen atoms in total. The molecule has 0 aromatic carbocycles. The zero-order chi connectivity index (χ0) is 20.4. The summed E-state index contributed by atoms with van der Waals surface area (Å²) in [6, 6.07) is 9.04. The molecule has 3 heterocycles. The summed E-state index contributed by atoms with van der Waals surface area (Å²) in [5.41, 5.74) is 3.22. The van der Waals surface area contributed by atoms with Crippen LogP contribution in [0.5, 0.6) is 5.88 Å². The second-order valence-electron chi connectivity index (χ2n) is 7.20. The molecule has 0 aliphatic heterocycles. The smallest absolute Gasteiger partial charge is 0.257 e. The zero-order valence-electron chi connectivity index (χ0n) is 16.4. The molecule has 1 aliphatic rings. The second kappa shape index (κ2) is 8.21. The van der Waals surface area contributed by atoms with Gasteiger partial charge in [0.25, 0.3) is 5.91 Å². The summed E-state index contributed by atoms with van der Waals surface area (Å²) in [6.07, 6.45) is 4.93. The van der Waals surface area contributed by atoms with Gasteiger partial charge in [0, 0.05) is 18.4 Å². The van der Waals surface area contributed by atoms with E-state index in [1.165, 1.54) is 0 Å². The van der Waals surface area contributed by atoms with E-state index in [4.69, 9.17) is 16.3 Å².